The van der Waals surface area contributed by atoms with E-state index in [9.17, 15) is 9.59 Å². The van der Waals surface area contributed by atoms with E-state index in [4.69, 9.17) is 0 Å². The summed E-state index contributed by atoms with van der Waals surface area (Å²) in [6.45, 7) is 5.02. The molecule has 0 aliphatic carbocycles. The smallest absolute Gasteiger partial charge is 0.272 e. The van der Waals surface area contributed by atoms with Crippen LogP contribution in [0, 0.1) is 6.92 Å². The van der Waals surface area contributed by atoms with Crippen LogP contribution in [0.2, 0.25) is 0 Å². The van der Waals surface area contributed by atoms with Gasteiger partial charge in [-0.05, 0) is 12.5 Å². The number of anilines is 1. The summed E-state index contributed by atoms with van der Waals surface area (Å²) in [7, 11) is 1.77. The van der Waals surface area contributed by atoms with Crippen LogP contribution in [0.5, 0.6) is 0 Å². The number of amides is 2. The molecule has 2 heterocycles. The SMILES string of the molecule is Cc1nc(C(=O)N(C)Cc2ccccc2)cc(N2CCN(C=O)CC2)n1. The number of aryl methyl sites for hydroxylation is 1. The van der Waals surface area contributed by atoms with E-state index in [-0.39, 0.29) is 5.91 Å². The van der Waals surface area contributed by atoms with Gasteiger partial charge in [-0.15, -0.1) is 0 Å². The normalized spacial score (nSPS) is 14.2. The van der Waals surface area contributed by atoms with Crippen LogP contribution >= 0.6 is 0 Å². The Labute approximate surface area is 153 Å². The highest BCUT2D eigenvalue weighted by atomic mass is 16.2. The summed E-state index contributed by atoms with van der Waals surface area (Å²) in [5.41, 5.74) is 1.46. The lowest BCUT2D eigenvalue weighted by Crippen LogP contribution is -2.46. The van der Waals surface area contributed by atoms with E-state index in [1.807, 2.05) is 30.3 Å². The summed E-state index contributed by atoms with van der Waals surface area (Å²) in [4.78, 5) is 37.9. The zero-order valence-corrected chi connectivity index (χ0v) is 15.1. The molecule has 1 aliphatic rings. The van der Waals surface area contributed by atoms with Crippen LogP contribution in [0.15, 0.2) is 36.4 Å². The standard InChI is InChI=1S/C19H23N5O2/c1-15-20-17(19(26)22(2)13-16-6-4-3-5-7-16)12-18(21-15)24-10-8-23(14-25)9-11-24/h3-7,12,14H,8-11,13H2,1-2H3. The van der Waals surface area contributed by atoms with Crippen LogP contribution in [0.3, 0.4) is 0 Å². The number of nitrogens with zero attached hydrogens (tertiary/aromatic N) is 5. The first-order chi connectivity index (χ1) is 12.6. The molecule has 0 radical (unpaired) electrons. The summed E-state index contributed by atoms with van der Waals surface area (Å²) < 4.78 is 0. The molecule has 0 saturated carbocycles. The minimum absolute atomic E-state index is 0.132. The lowest BCUT2D eigenvalue weighted by molar-refractivity contribution is -0.118. The van der Waals surface area contributed by atoms with Crippen molar-refractivity contribution in [1.82, 2.24) is 19.8 Å². The van der Waals surface area contributed by atoms with E-state index < -0.39 is 0 Å². The van der Waals surface area contributed by atoms with Crippen molar-refractivity contribution in [2.75, 3.05) is 38.1 Å². The lowest BCUT2D eigenvalue weighted by atomic mass is 10.2. The number of carbonyl (C=O) groups excluding carboxylic acids is 2. The second-order valence-corrected chi connectivity index (χ2v) is 6.43. The van der Waals surface area contributed by atoms with Crippen LogP contribution in [0.1, 0.15) is 21.9 Å². The Morgan fingerprint density at radius 1 is 1.15 bits per heavy atom. The summed E-state index contributed by atoms with van der Waals surface area (Å²) in [6, 6.07) is 11.6. The van der Waals surface area contributed by atoms with Crippen molar-refractivity contribution in [2.24, 2.45) is 0 Å². The second-order valence-electron chi connectivity index (χ2n) is 6.43. The van der Waals surface area contributed by atoms with Crippen LogP contribution in [-0.2, 0) is 11.3 Å². The molecule has 26 heavy (non-hydrogen) atoms. The number of piperazine rings is 1. The van der Waals surface area contributed by atoms with Crippen molar-refractivity contribution in [1.29, 1.82) is 0 Å². The molecule has 1 aromatic heterocycles. The van der Waals surface area contributed by atoms with E-state index in [0.29, 0.717) is 44.2 Å². The second kappa shape index (κ2) is 7.95. The highest BCUT2D eigenvalue weighted by molar-refractivity contribution is 5.92. The van der Waals surface area contributed by atoms with Crippen molar-refractivity contribution < 1.29 is 9.59 Å². The molecular weight excluding hydrogens is 330 g/mol. The maximum absolute atomic E-state index is 12.8. The van der Waals surface area contributed by atoms with Gasteiger partial charge >= 0.3 is 0 Å². The summed E-state index contributed by atoms with van der Waals surface area (Å²) in [5, 5.41) is 0. The summed E-state index contributed by atoms with van der Waals surface area (Å²) in [5.74, 6) is 1.17. The number of hydrogen-bond acceptors (Lipinski definition) is 5. The Morgan fingerprint density at radius 2 is 1.85 bits per heavy atom. The Morgan fingerprint density at radius 3 is 2.50 bits per heavy atom. The fourth-order valence-corrected chi connectivity index (χ4v) is 3.00. The van der Waals surface area contributed by atoms with Gasteiger partial charge in [0.05, 0.1) is 0 Å². The monoisotopic (exact) mass is 353 g/mol. The number of hydrogen-bond donors (Lipinski definition) is 0. The number of benzene rings is 1. The van der Waals surface area contributed by atoms with Crippen molar-refractivity contribution in [3.63, 3.8) is 0 Å². The Kier molecular flexibility index (Phi) is 5.46. The zero-order chi connectivity index (χ0) is 18.5. The number of carbonyl (C=O) groups is 2. The number of aromatic nitrogens is 2. The predicted molar refractivity (Wildman–Crippen MR) is 98.9 cm³/mol. The lowest BCUT2D eigenvalue weighted by Gasteiger charge is -2.33. The molecule has 0 unspecified atom stereocenters. The van der Waals surface area contributed by atoms with Crippen molar-refractivity contribution in [3.05, 3.63) is 53.5 Å². The molecule has 2 amide bonds. The maximum atomic E-state index is 12.8. The fourth-order valence-electron chi connectivity index (χ4n) is 3.00. The molecule has 1 saturated heterocycles. The van der Waals surface area contributed by atoms with Gasteiger partial charge in [0.1, 0.15) is 17.3 Å². The molecule has 1 aromatic carbocycles. The fraction of sp³-hybridized carbons (Fsp3) is 0.368. The van der Waals surface area contributed by atoms with E-state index in [0.717, 1.165) is 17.8 Å². The first-order valence-electron chi connectivity index (χ1n) is 8.66. The van der Waals surface area contributed by atoms with Gasteiger partial charge in [-0.25, -0.2) is 9.97 Å². The Balaban J connectivity index is 1.74. The molecule has 7 heteroatoms. The number of rotatable bonds is 5. The molecule has 7 nitrogen and oxygen atoms in total. The van der Waals surface area contributed by atoms with Gasteiger partial charge in [-0.1, -0.05) is 30.3 Å². The van der Waals surface area contributed by atoms with Crippen molar-refractivity contribution in [2.45, 2.75) is 13.5 Å². The first-order valence-corrected chi connectivity index (χ1v) is 8.66. The van der Waals surface area contributed by atoms with E-state index in [1.54, 1.807) is 29.8 Å². The molecule has 1 fully saturated rings. The van der Waals surface area contributed by atoms with Crippen LogP contribution in [0.4, 0.5) is 5.82 Å². The Bertz CT molecular complexity index is 773. The third-order valence-corrected chi connectivity index (χ3v) is 4.44. The average Bonchev–Trinajstić information content (AvgIpc) is 2.67. The molecule has 1 aliphatic heterocycles. The van der Waals surface area contributed by atoms with Gasteiger partial charge < -0.3 is 14.7 Å². The topological polar surface area (TPSA) is 69.6 Å². The molecule has 0 spiro atoms. The maximum Gasteiger partial charge on any atom is 0.272 e. The van der Waals surface area contributed by atoms with Crippen molar-refractivity contribution in [3.8, 4) is 0 Å². The minimum atomic E-state index is -0.132. The predicted octanol–water partition coefficient (Wildman–Crippen LogP) is 1.34. The van der Waals surface area contributed by atoms with Gasteiger partial charge in [0, 0.05) is 45.8 Å². The van der Waals surface area contributed by atoms with Gasteiger partial charge in [-0.2, -0.15) is 0 Å². The molecule has 3 rings (SSSR count). The Hall–Kier alpha value is -2.96. The average molecular weight is 353 g/mol. The summed E-state index contributed by atoms with van der Waals surface area (Å²) >= 11 is 0. The molecule has 0 N–H and O–H groups in total. The minimum Gasteiger partial charge on any atom is -0.353 e. The highest BCUT2D eigenvalue weighted by Crippen LogP contribution is 2.16. The van der Waals surface area contributed by atoms with Gasteiger partial charge in [0.2, 0.25) is 6.41 Å². The molecular formula is C19H23N5O2. The molecule has 2 aromatic rings. The van der Waals surface area contributed by atoms with E-state index in [1.165, 1.54) is 0 Å². The van der Waals surface area contributed by atoms with Gasteiger partial charge in [0.25, 0.3) is 5.91 Å². The molecule has 0 atom stereocenters. The van der Waals surface area contributed by atoms with E-state index in [2.05, 4.69) is 14.9 Å². The van der Waals surface area contributed by atoms with Gasteiger partial charge in [0.15, 0.2) is 0 Å². The van der Waals surface area contributed by atoms with E-state index >= 15 is 0 Å². The largest absolute Gasteiger partial charge is 0.353 e. The zero-order valence-electron chi connectivity index (χ0n) is 15.1. The first kappa shape index (κ1) is 17.8. The third kappa shape index (κ3) is 4.17. The van der Waals surface area contributed by atoms with Crippen LogP contribution in [-0.4, -0.2) is 65.3 Å². The quantitative estimate of drug-likeness (QED) is 0.759. The van der Waals surface area contributed by atoms with Gasteiger partial charge in [-0.3, -0.25) is 9.59 Å². The third-order valence-electron chi connectivity index (χ3n) is 4.44. The molecule has 136 valence electrons. The summed E-state index contributed by atoms with van der Waals surface area (Å²) in [6.07, 6.45) is 0.871. The molecule has 0 bridgehead atoms. The van der Waals surface area contributed by atoms with Crippen LogP contribution < -0.4 is 4.90 Å². The highest BCUT2D eigenvalue weighted by Gasteiger charge is 2.20. The van der Waals surface area contributed by atoms with Crippen LogP contribution in [0.25, 0.3) is 0 Å². The van der Waals surface area contributed by atoms with Crippen molar-refractivity contribution >= 4 is 18.1 Å².